The highest BCUT2D eigenvalue weighted by molar-refractivity contribution is 4.96. The summed E-state index contributed by atoms with van der Waals surface area (Å²) < 4.78 is 18.0. The maximum absolute atomic E-state index is 12.5. The fourth-order valence-corrected chi connectivity index (χ4v) is 1.42. The highest BCUT2D eigenvalue weighted by Gasteiger charge is 2.15. The zero-order chi connectivity index (χ0) is 9.80. The molecule has 1 N–H and O–H groups in total. The maximum Gasteiger partial charge on any atom is 0.316 e. The van der Waals surface area contributed by atoms with Crippen LogP contribution in [0.4, 0.5) is 4.39 Å². The third kappa shape index (κ3) is 2.38. The van der Waals surface area contributed by atoms with Gasteiger partial charge >= 0.3 is 6.01 Å². The van der Waals surface area contributed by atoms with Crippen LogP contribution in [0.5, 0.6) is 6.01 Å². The Labute approximate surface area is 81.5 Å². The Hall–Kier alpha value is -1.23. The predicted molar refractivity (Wildman–Crippen MR) is 48.5 cm³/mol. The molecule has 0 amide bonds. The molecule has 1 fully saturated rings. The molecule has 0 aromatic carbocycles. The van der Waals surface area contributed by atoms with E-state index < -0.39 is 5.82 Å². The Bertz CT molecular complexity index is 285. The van der Waals surface area contributed by atoms with Crippen LogP contribution in [0.25, 0.3) is 0 Å². The molecule has 5 heteroatoms. The zero-order valence-corrected chi connectivity index (χ0v) is 7.74. The Morgan fingerprint density at radius 3 is 2.57 bits per heavy atom. The number of ether oxygens (including phenoxy) is 1. The van der Waals surface area contributed by atoms with Crippen LogP contribution in [0.1, 0.15) is 12.8 Å². The predicted octanol–water partition coefficient (Wildman–Crippen LogP) is 0.747. The molecule has 1 aliphatic heterocycles. The Morgan fingerprint density at radius 2 is 1.93 bits per heavy atom. The van der Waals surface area contributed by atoms with Gasteiger partial charge in [-0.25, -0.2) is 14.4 Å². The number of rotatable bonds is 2. The van der Waals surface area contributed by atoms with Crippen molar-refractivity contribution in [2.75, 3.05) is 13.1 Å². The van der Waals surface area contributed by atoms with Crippen molar-refractivity contribution < 1.29 is 9.13 Å². The van der Waals surface area contributed by atoms with E-state index in [0.29, 0.717) is 0 Å². The first kappa shape index (κ1) is 9.33. The second-order valence-electron chi connectivity index (χ2n) is 3.25. The number of nitrogens with zero attached hydrogens (tertiary/aromatic N) is 2. The van der Waals surface area contributed by atoms with Gasteiger partial charge in [0.25, 0.3) is 0 Å². The lowest BCUT2D eigenvalue weighted by molar-refractivity contribution is 0.148. The number of aromatic nitrogens is 2. The average Bonchev–Trinajstić information content (AvgIpc) is 2.23. The van der Waals surface area contributed by atoms with Gasteiger partial charge < -0.3 is 10.1 Å². The zero-order valence-electron chi connectivity index (χ0n) is 7.74. The van der Waals surface area contributed by atoms with Gasteiger partial charge in [-0.15, -0.1) is 0 Å². The van der Waals surface area contributed by atoms with Gasteiger partial charge in [-0.05, 0) is 25.9 Å². The lowest BCUT2D eigenvalue weighted by Gasteiger charge is -2.22. The van der Waals surface area contributed by atoms with Crippen molar-refractivity contribution in [1.29, 1.82) is 0 Å². The van der Waals surface area contributed by atoms with E-state index in [1.165, 1.54) is 0 Å². The number of hydrogen-bond donors (Lipinski definition) is 1. The molecule has 2 heterocycles. The van der Waals surface area contributed by atoms with E-state index in [2.05, 4.69) is 15.3 Å². The van der Waals surface area contributed by atoms with Gasteiger partial charge in [0, 0.05) is 0 Å². The third-order valence-corrected chi connectivity index (χ3v) is 2.15. The summed E-state index contributed by atoms with van der Waals surface area (Å²) in [6, 6.07) is 0.262. The summed E-state index contributed by atoms with van der Waals surface area (Å²) in [7, 11) is 0. The summed E-state index contributed by atoms with van der Waals surface area (Å²) in [4.78, 5) is 7.49. The summed E-state index contributed by atoms with van der Waals surface area (Å²) in [5.41, 5.74) is 0. The first-order valence-corrected chi connectivity index (χ1v) is 4.69. The van der Waals surface area contributed by atoms with E-state index in [0.717, 1.165) is 38.3 Å². The molecule has 0 saturated carbocycles. The number of piperidine rings is 1. The smallest absolute Gasteiger partial charge is 0.316 e. The van der Waals surface area contributed by atoms with Crippen LogP contribution in [0.2, 0.25) is 0 Å². The Balaban J connectivity index is 1.92. The van der Waals surface area contributed by atoms with Crippen molar-refractivity contribution in [3.63, 3.8) is 0 Å². The lowest BCUT2D eigenvalue weighted by atomic mass is 10.1. The van der Waals surface area contributed by atoms with Crippen molar-refractivity contribution in [2.24, 2.45) is 0 Å². The van der Waals surface area contributed by atoms with Gasteiger partial charge in [0.05, 0.1) is 12.4 Å². The SMILES string of the molecule is Fc1cnc(OC2CCNCC2)nc1. The molecule has 2 rings (SSSR count). The van der Waals surface area contributed by atoms with E-state index in [9.17, 15) is 4.39 Å². The van der Waals surface area contributed by atoms with Crippen LogP contribution in [0, 0.1) is 5.82 Å². The first-order chi connectivity index (χ1) is 6.84. The van der Waals surface area contributed by atoms with Crippen molar-refractivity contribution >= 4 is 0 Å². The van der Waals surface area contributed by atoms with Crippen LogP contribution in [0.15, 0.2) is 12.4 Å². The Morgan fingerprint density at radius 1 is 1.29 bits per heavy atom. The van der Waals surface area contributed by atoms with Gasteiger partial charge in [0.15, 0.2) is 5.82 Å². The largest absolute Gasteiger partial charge is 0.460 e. The lowest BCUT2D eigenvalue weighted by Crippen LogP contribution is -2.34. The van der Waals surface area contributed by atoms with Gasteiger partial charge in [-0.1, -0.05) is 0 Å². The molecule has 0 unspecified atom stereocenters. The molecule has 1 aromatic heterocycles. The van der Waals surface area contributed by atoms with E-state index in [-0.39, 0.29) is 12.1 Å². The van der Waals surface area contributed by atoms with Crippen molar-refractivity contribution in [2.45, 2.75) is 18.9 Å². The Kier molecular flexibility index (Phi) is 2.88. The van der Waals surface area contributed by atoms with Gasteiger partial charge in [0.1, 0.15) is 6.10 Å². The van der Waals surface area contributed by atoms with Gasteiger partial charge in [0.2, 0.25) is 0 Å². The molecule has 1 saturated heterocycles. The molecule has 14 heavy (non-hydrogen) atoms. The van der Waals surface area contributed by atoms with E-state index >= 15 is 0 Å². The standard InChI is InChI=1S/C9H12FN3O/c10-7-5-12-9(13-6-7)14-8-1-3-11-4-2-8/h5-6,8,11H,1-4H2. The highest BCUT2D eigenvalue weighted by atomic mass is 19.1. The maximum atomic E-state index is 12.5. The van der Waals surface area contributed by atoms with Crippen molar-refractivity contribution in [1.82, 2.24) is 15.3 Å². The minimum absolute atomic E-state index is 0.154. The van der Waals surface area contributed by atoms with Crippen molar-refractivity contribution in [3.8, 4) is 6.01 Å². The van der Waals surface area contributed by atoms with Gasteiger partial charge in [-0.2, -0.15) is 0 Å². The molecular formula is C9H12FN3O. The average molecular weight is 197 g/mol. The summed E-state index contributed by atoms with van der Waals surface area (Å²) in [5.74, 6) is -0.442. The fourth-order valence-electron chi connectivity index (χ4n) is 1.42. The van der Waals surface area contributed by atoms with Gasteiger partial charge in [-0.3, -0.25) is 0 Å². The molecule has 0 bridgehead atoms. The quantitative estimate of drug-likeness (QED) is 0.759. The molecule has 0 spiro atoms. The summed E-state index contributed by atoms with van der Waals surface area (Å²) in [6.45, 7) is 1.90. The number of hydrogen-bond acceptors (Lipinski definition) is 4. The second kappa shape index (κ2) is 4.32. The highest BCUT2D eigenvalue weighted by Crippen LogP contribution is 2.10. The molecule has 4 nitrogen and oxygen atoms in total. The molecule has 1 aliphatic rings. The topological polar surface area (TPSA) is 47.0 Å². The van der Waals surface area contributed by atoms with E-state index in [4.69, 9.17) is 4.74 Å². The molecule has 0 aliphatic carbocycles. The fraction of sp³-hybridized carbons (Fsp3) is 0.556. The van der Waals surface area contributed by atoms with Crippen LogP contribution < -0.4 is 10.1 Å². The monoisotopic (exact) mass is 197 g/mol. The minimum atomic E-state index is -0.442. The molecular weight excluding hydrogens is 185 g/mol. The summed E-state index contributed by atoms with van der Waals surface area (Å²) in [5, 5.41) is 3.23. The first-order valence-electron chi connectivity index (χ1n) is 4.69. The molecule has 0 atom stereocenters. The molecule has 1 aromatic rings. The minimum Gasteiger partial charge on any atom is -0.460 e. The second-order valence-corrected chi connectivity index (χ2v) is 3.25. The van der Waals surface area contributed by atoms with Crippen LogP contribution in [-0.4, -0.2) is 29.2 Å². The van der Waals surface area contributed by atoms with Crippen LogP contribution >= 0.6 is 0 Å². The van der Waals surface area contributed by atoms with Crippen LogP contribution in [0.3, 0.4) is 0 Å². The number of halogens is 1. The third-order valence-electron chi connectivity index (χ3n) is 2.15. The molecule has 0 radical (unpaired) electrons. The normalized spacial score (nSPS) is 18.1. The van der Waals surface area contributed by atoms with Crippen molar-refractivity contribution in [3.05, 3.63) is 18.2 Å². The van der Waals surface area contributed by atoms with E-state index in [1.807, 2.05) is 0 Å². The molecule has 76 valence electrons. The number of nitrogens with one attached hydrogen (secondary N) is 1. The summed E-state index contributed by atoms with van der Waals surface area (Å²) >= 11 is 0. The summed E-state index contributed by atoms with van der Waals surface area (Å²) in [6.07, 6.45) is 4.27. The van der Waals surface area contributed by atoms with E-state index in [1.54, 1.807) is 0 Å². The van der Waals surface area contributed by atoms with Crippen LogP contribution in [-0.2, 0) is 0 Å².